The molecule has 0 saturated carbocycles. The van der Waals surface area contributed by atoms with Crippen LogP contribution in [-0.4, -0.2) is 47.6 Å². The number of methoxy groups -OCH3 is 1. The summed E-state index contributed by atoms with van der Waals surface area (Å²) < 4.78 is 12.0. The van der Waals surface area contributed by atoms with Crippen molar-refractivity contribution in [3.8, 4) is 5.75 Å². The van der Waals surface area contributed by atoms with Gasteiger partial charge in [-0.25, -0.2) is 9.97 Å². The highest BCUT2D eigenvalue weighted by Crippen LogP contribution is 2.45. The Bertz CT molecular complexity index is 838. The Morgan fingerprint density at radius 1 is 1.19 bits per heavy atom. The fourth-order valence-electron chi connectivity index (χ4n) is 4.43. The smallest absolute Gasteiger partial charge is 0.257 e. The summed E-state index contributed by atoms with van der Waals surface area (Å²) in [5.41, 5.74) is 4.18. The van der Waals surface area contributed by atoms with Crippen molar-refractivity contribution < 1.29 is 14.3 Å². The van der Waals surface area contributed by atoms with Gasteiger partial charge in [0.05, 0.1) is 30.7 Å². The van der Waals surface area contributed by atoms with Crippen LogP contribution >= 0.6 is 0 Å². The number of ether oxygens (including phenoxy) is 2. The zero-order chi connectivity index (χ0) is 19.0. The molecule has 0 bridgehead atoms. The van der Waals surface area contributed by atoms with E-state index >= 15 is 0 Å². The molecule has 1 spiro atoms. The second-order valence-corrected chi connectivity index (χ2v) is 7.30. The molecular weight excluding hydrogens is 342 g/mol. The molecule has 142 valence electrons. The lowest BCUT2D eigenvalue weighted by molar-refractivity contribution is -0.0946. The average molecular weight is 367 g/mol. The van der Waals surface area contributed by atoms with E-state index in [1.807, 2.05) is 30.9 Å². The summed E-state index contributed by atoms with van der Waals surface area (Å²) in [6.45, 7) is 5.71. The summed E-state index contributed by atoms with van der Waals surface area (Å²) in [4.78, 5) is 23.3. The van der Waals surface area contributed by atoms with Crippen molar-refractivity contribution in [3.05, 3.63) is 52.6 Å². The number of hydrogen-bond donors (Lipinski definition) is 0. The van der Waals surface area contributed by atoms with Gasteiger partial charge in [0.2, 0.25) is 0 Å². The molecule has 27 heavy (non-hydrogen) atoms. The van der Waals surface area contributed by atoms with E-state index in [-0.39, 0.29) is 11.5 Å². The number of aromatic nitrogens is 2. The number of carbonyl (C=O) groups is 1. The van der Waals surface area contributed by atoms with Crippen LogP contribution in [0.1, 0.15) is 45.7 Å². The number of aryl methyl sites for hydroxylation is 2. The lowest BCUT2D eigenvalue weighted by Gasteiger charge is -2.45. The third-order valence-corrected chi connectivity index (χ3v) is 5.84. The Morgan fingerprint density at radius 2 is 1.89 bits per heavy atom. The Balaban J connectivity index is 1.60. The first-order chi connectivity index (χ1) is 13.1. The van der Waals surface area contributed by atoms with Crippen LogP contribution in [-0.2, 0) is 16.8 Å². The van der Waals surface area contributed by atoms with Crippen molar-refractivity contribution in [1.82, 2.24) is 14.9 Å². The molecule has 4 rings (SSSR count). The van der Waals surface area contributed by atoms with Gasteiger partial charge in [-0.3, -0.25) is 4.79 Å². The van der Waals surface area contributed by atoms with E-state index in [0.717, 1.165) is 36.4 Å². The number of likely N-dealkylation sites (tertiary alicyclic amines) is 1. The molecular formula is C21H25N3O3. The van der Waals surface area contributed by atoms with Gasteiger partial charge in [-0.05, 0) is 44.7 Å². The van der Waals surface area contributed by atoms with E-state index in [1.54, 1.807) is 7.11 Å². The Kier molecular flexibility index (Phi) is 4.60. The molecule has 1 aromatic heterocycles. The third kappa shape index (κ3) is 2.98. The van der Waals surface area contributed by atoms with Crippen molar-refractivity contribution in [2.75, 3.05) is 26.8 Å². The van der Waals surface area contributed by atoms with Crippen molar-refractivity contribution in [1.29, 1.82) is 0 Å². The predicted octanol–water partition coefficient (Wildman–Crippen LogP) is 2.81. The highest BCUT2D eigenvalue weighted by Gasteiger charge is 2.44. The topological polar surface area (TPSA) is 64.5 Å². The third-order valence-electron chi connectivity index (χ3n) is 5.84. The van der Waals surface area contributed by atoms with Crippen molar-refractivity contribution in [2.45, 2.75) is 38.7 Å². The van der Waals surface area contributed by atoms with Crippen LogP contribution in [0, 0.1) is 13.8 Å². The molecule has 2 aliphatic heterocycles. The normalized spacial score (nSPS) is 18.3. The van der Waals surface area contributed by atoms with E-state index < -0.39 is 0 Å². The molecule has 2 aromatic rings. The minimum atomic E-state index is -0.367. The van der Waals surface area contributed by atoms with Gasteiger partial charge in [-0.2, -0.15) is 0 Å². The standard InChI is InChI=1S/C21H25N3O3/c1-14-18(15(2)23-13-22-14)20(25)24-10-8-21(9-11-24)19-16(7-12-27-21)5-4-6-17(19)26-3/h4-6,13H,7-12H2,1-3H3. The van der Waals surface area contributed by atoms with Crippen LogP contribution < -0.4 is 4.74 Å². The van der Waals surface area contributed by atoms with Crippen molar-refractivity contribution >= 4 is 5.91 Å². The van der Waals surface area contributed by atoms with Crippen LogP contribution in [0.5, 0.6) is 5.75 Å². The minimum Gasteiger partial charge on any atom is -0.496 e. The first-order valence-electron chi connectivity index (χ1n) is 9.43. The van der Waals surface area contributed by atoms with Gasteiger partial charge in [-0.15, -0.1) is 0 Å². The summed E-state index contributed by atoms with van der Waals surface area (Å²) in [7, 11) is 1.71. The number of carbonyl (C=O) groups excluding carboxylic acids is 1. The van der Waals surface area contributed by atoms with E-state index in [2.05, 4.69) is 16.0 Å². The second kappa shape index (κ2) is 6.93. The summed E-state index contributed by atoms with van der Waals surface area (Å²) in [6, 6.07) is 6.20. The summed E-state index contributed by atoms with van der Waals surface area (Å²) in [5, 5.41) is 0. The second-order valence-electron chi connectivity index (χ2n) is 7.30. The largest absolute Gasteiger partial charge is 0.496 e. The number of benzene rings is 1. The van der Waals surface area contributed by atoms with Crippen LogP contribution in [0.4, 0.5) is 0 Å². The van der Waals surface area contributed by atoms with Gasteiger partial charge in [0.1, 0.15) is 17.7 Å². The van der Waals surface area contributed by atoms with Gasteiger partial charge in [0, 0.05) is 18.7 Å². The van der Waals surface area contributed by atoms with Gasteiger partial charge in [0.15, 0.2) is 0 Å². The van der Waals surface area contributed by atoms with Crippen molar-refractivity contribution in [3.63, 3.8) is 0 Å². The molecule has 2 aliphatic rings. The average Bonchev–Trinajstić information content (AvgIpc) is 2.68. The van der Waals surface area contributed by atoms with Crippen LogP contribution in [0.15, 0.2) is 24.5 Å². The molecule has 1 saturated heterocycles. The van der Waals surface area contributed by atoms with Gasteiger partial charge in [-0.1, -0.05) is 12.1 Å². The fraction of sp³-hybridized carbons (Fsp3) is 0.476. The predicted molar refractivity (Wildman–Crippen MR) is 101 cm³/mol. The molecule has 0 aliphatic carbocycles. The first-order valence-corrected chi connectivity index (χ1v) is 9.43. The van der Waals surface area contributed by atoms with Gasteiger partial charge in [0.25, 0.3) is 5.91 Å². The lowest BCUT2D eigenvalue weighted by atomic mass is 9.78. The van der Waals surface area contributed by atoms with Crippen LogP contribution in [0.3, 0.4) is 0 Å². The maximum absolute atomic E-state index is 13.1. The Labute approximate surface area is 159 Å². The van der Waals surface area contributed by atoms with Crippen LogP contribution in [0.2, 0.25) is 0 Å². The quantitative estimate of drug-likeness (QED) is 0.817. The number of nitrogens with zero attached hydrogens (tertiary/aromatic N) is 3. The maximum Gasteiger partial charge on any atom is 0.257 e. The Morgan fingerprint density at radius 3 is 2.56 bits per heavy atom. The van der Waals surface area contributed by atoms with Gasteiger partial charge >= 0.3 is 0 Å². The van der Waals surface area contributed by atoms with E-state index in [4.69, 9.17) is 9.47 Å². The van der Waals surface area contributed by atoms with E-state index in [1.165, 1.54) is 17.5 Å². The van der Waals surface area contributed by atoms with E-state index in [9.17, 15) is 4.79 Å². The first kappa shape index (κ1) is 17.9. The van der Waals surface area contributed by atoms with Crippen molar-refractivity contribution in [2.24, 2.45) is 0 Å². The number of amides is 1. The summed E-state index contributed by atoms with van der Waals surface area (Å²) in [5.74, 6) is 0.895. The molecule has 6 heteroatoms. The Hall–Kier alpha value is -2.47. The SMILES string of the molecule is COc1cccc2c1C1(CCN(C(=O)c3c(C)ncnc3C)CC1)OCC2. The number of rotatable bonds is 2. The highest BCUT2D eigenvalue weighted by molar-refractivity contribution is 5.96. The molecule has 6 nitrogen and oxygen atoms in total. The highest BCUT2D eigenvalue weighted by atomic mass is 16.5. The fourth-order valence-corrected chi connectivity index (χ4v) is 4.43. The zero-order valence-electron chi connectivity index (χ0n) is 16.1. The molecule has 0 radical (unpaired) electrons. The van der Waals surface area contributed by atoms with E-state index in [0.29, 0.717) is 25.3 Å². The molecule has 1 fully saturated rings. The van der Waals surface area contributed by atoms with Gasteiger partial charge < -0.3 is 14.4 Å². The molecule has 0 unspecified atom stereocenters. The monoisotopic (exact) mass is 367 g/mol. The summed E-state index contributed by atoms with van der Waals surface area (Å²) >= 11 is 0. The minimum absolute atomic E-state index is 0.0107. The number of fused-ring (bicyclic) bond motifs is 2. The maximum atomic E-state index is 13.1. The number of hydrogen-bond acceptors (Lipinski definition) is 5. The molecule has 3 heterocycles. The molecule has 1 amide bonds. The summed E-state index contributed by atoms with van der Waals surface area (Å²) in [6.07, 6.45) is 3.93. The zero-order valence-corrected chi connectivity index (χ0v) is 16.1. The number of piperidine rings is 1. The molecule has 0 atom stereocenters. The molecule has 1 aromatic carbocycles. The lowest BCUT2D eigenvalue weighted by Crippen LogP contribution is -2.48. The van der Waals surface area contributed by atoms with Crippen LogP contribution in [0.25, 0.3) is 0 Å². The molecule has 0 N–H and O–H groups in total.